The van der Waals surface area contributed by atoms with E-state index in [0.717, 1.165) is 79.9 Å². The molecule has 3 heterocycles. The number of ketones is 1. The Labute approximate surface area is 306 Å². The van der Waals surface area contributed by atoms with Crippen molar-refractivity contribution in [3.63, 3.8) is 0 Å². The molecule has 1 aliphatic carbocycles. The molecular weight excluding hydrogens is 656 g/mol. The molecule has 11 nitrogen and oxygen atoms in total. The minimum absolute atomic E-state index is 0.0676. The van der Waals surface area contributed by atoms with E-state index in [0.29, 0.717) is 30.8 Å². The predicted octanol–water partition coefficient (Wildman–Crippen LogP) is 6.08. The molecule has 11 heteroatoms. The molecule has 1 saturated carbocycles. The van der Waals surface area contributed by atoms with Crippen LogP contribution in [0.1, 0.15) is 64.0 Å². The number of piperazine rings is 1. The average Bonchev–Trinajstić information content (AvgIpc) is 3.49. The van der Waals surface area contributed by atoms with Gasteiger partial charge in [0.25, 0.3) is 0 Å². The number of ether oxygens (including phenoxy) is 1. The molecule has 0 radical (unpaired) electrons. The average molecular weight is 709 g/mol. The molecule has 1 atom stereocenters. The second-order valence-corrected chi connectivity index (χ2v) is 15.7. The van der Waals surface area contributed by atoms with Crippen molar-refractivity contribution in [3.05, 3.63) is 71.9 Å². The maximum atomic E-state index is 14.0. The van der Waals surface area contributed by atoms with E-state index in [1.54, 1.807) is 6.07 Å². The number of anilines is 3. The van der Waals surface area contributed by atoms with E-state index >= 15 is 0 Å². The van der Waals surface area contributed by atoms with E-state index < -0.39 is 17.6 Å². The summed E-state index contributed by atoms with van der Waals surface area (Å²) in [6.07, 6.45) is 5.40. The van der Waals surface area contributed by atoms with Crippen molar-refractivity contribution in [2.75, 3.05) is 55.3 Å². The molecular formula is C41H52N6O5. The first kappa shape index (κ1) is 37.0. The Morgan fingerprint density at radius 1 is 0.962 bits per heavy atom. The van der Waals surface area contributed by atoms with Gasteiger partial charge in [0.2, 0.25) is 11.8 Å². The summed E-state index contributed by atoms with van der Waals surface area (Å²) in [6, 6.07) is 17.8. The van der Waals surface area contributed by atoms with Gasteiger partial charge >= 0.3 is 6.09 Å². The lowest BCUT2D eigenvalue weighted by Crippen LogP contribution is -2.44. The Bertz CT molecular complexity index is 1770. The third-order valence-electron chi connectivity index (χ3n) is 10.4. The maximum absolute atomic E-state index is 14.0. The summed E-state index contributed by atoms with van der Waals surface area (Å²) in [4.78, 5) is 61.2. The number of carbonyl (C=O) groups is 4. The van der Waals surface area contributed by atoms with Gasteiger partial charge in [0.1, 0.15) is 17.2 Å². The van der Waals surface area contributed by atoms with Crippen molar-refractivity contribution < 1.29 is 23.9 Å². The Hall–Kier alpha value is -4.77. The number of amides is 3. The van der Waals surface area contributed by atoms with Gasteiger partial charge in [-0.15, -0.1) is 0 Å². The number of Topliss-reactive ketones (excluding diaryl/α,β-unsaturated/α-hetero) is 1. The van der Waals surface area contributed by atoms with Crippen LogP contribution in [0.25, 0.3) is 11.1 Å². The highest BCUT2D eigenvalue weighted by atomic mass is 16.6. The molecule has 1 aromatic heterocycles. The molecule has 1 saturated heterocycles. The molecule has 3 aliphatic rings. The van der Waals surface area contributed by atoms with E-state index in [1.165, 1.54) is 0 Å². The maximum Gasteiger partial charge on any atom is 0.407 e. The van der Waals surface area contributed by atoms with Crippen molar-refractivity contribution in [1.82, 2.24) is 15.2 Å². The lowest BCUT2D eigenvalue weighted by Gasteiger charge is -2.33. The van der Waals surface area contributed by atoms with Crippen LogP contribution in [0.15, 0.2) is 60.8 Å². The number of alkyl carbamates (subject to hydrolysis) is 1. The number of benzene rings is 2. The van der Waals surface area contributed by atoms with Gasteiger partial charge in [0, 0.05) is 68.6 Å². The highest BCUT2D eigenvalue weighted by molar-refractivity contribution is 6.01. The second kappa shape index (κ2) is 16.3. The molecule has 2 fully saturated rings. The van der Waals surface area contributed by atoms with Crippen LogP contribution in [-0.2, 0) is 32.0 Å². The molecule has 52 heavy (non-hydrogen) atoms. The Balaban J connectivity index is 1.14. The van der Waals surface area contributed by atoms with Crippen molar-refractivity contribution in [2.45, 2.75) is 71.3 Å². The SMILES string of the molecule is CN1CCN(c2cc(-c3cccc(C[C@H](CC(=O)C4CCC(CNC(=O)OC(C)(C)C)CC4)C(=O)Nc4ccc5c(c4)NC(=O)C5)c3)ccn2)CC1. The first-order valence-corrected chi connectivity index (χ1v) is 18.6. The van der Waals surface area contributed by atoms with E-state index in [1.807, 2.05) is 57.3 Å². The van der Waals surface area contributed by atoms with Crippen LogP contribution in [0.3, 0.4) is 0 Å². The monoisotopic (exact) mass is 708 g/mol. The van der Waals surface area contributed by atoms with Gasteiger partial charge in [-0.25, -0.2) is 9.78 Å². The van der Waals surface area contributed by atoms with Crippen LogP contribution in [-0.4, -0.2) is 78.9 Å². The molecule has 2 aromatic carbocycles. The quantitative estimate of drug-likeness (QED) is 0.218. The number of hydrogen-bond acceptors (Lipinski definition) is 8. The summed E-state index contributed by atoms with van der Waals surface area (Å²) in [7, 11) is 2.14. The van der Waals surface area contributed by atoms with Crippen molar-refractivity contribution in [3.8, 4) is 11.1 Å². The van der Waals surface area contributed by atoms with Gasteiger partial charge in [0.15, 0.2) is 0 Å². The summed E-state index contributed by atoms with van der Waals surface area (Å²) >= 11 is 0. The van der Waals surface area contributed by atoms with Crippen molar-refractivity contribution >= 4 is 40.9 Å². The number of nitrogens with one attached hydrogen (secondary N) is 3. The number of fused-ring (bicyclic) bond motifs is 1. The number of rotatable bonds is 11. The van der Waals surface area contributed by atoms with E-state index in [4.69, 9.17) is 4.74 Å². The summed E-state index contributed by atoms with van der Waals surface area (Å²) in [5.41, 5.74) is 4.70. The fourth-order valence-electron chi connectivity index (χ4n) is 7.40. The zero-order valence-corrected chi connectivity index (χ0v) is 30.9. The lowest BCUT2D eigenvalue weighted by atomic mass is 9.77. The lowest BCUT2D eigenvalue weighted by molar-refractivity contribution is -0.129. The molecule has 276 valence electrons. The number of aromatic nitrogens is 1. The highest BCUT2D eigenvalue weighted by Crippen LogP contribution is 2.33. The fourth-order valence-corrected chi connectivity index (χ4v) is 7.40. The van der Waals surface area contributed by atoms with Crippen LogP contribution < -0.4 is 20.9 Å². The number of pyridine rings is 1. The van der Waals surface area contributed by atoms with Crippen LogP contribution in [0.4, 0.5) is 22.0 Å². The summed E-state index contributed by atoms with van der Waals surface area (Å²) in [5.74, 6) is 0.335. The molecule has 3 N–H and O–H groups in total. The minimum atomic E-state index is -0.588. The van der Waals surface area contributed by atoms with Gasteiger partial charge in [-0.05, 0) is 112 Å². The minimum Gasteiger partial charge on any atom is -0.444 e. The van der Waals surface area contributed by atoms with Crippen LogP contribution in [0, 0.1) is 17.8 Å². The number of hydrogen-bond donors (Lipinski definition) is 3. The Morgan fingerprint density at radius 2 is 1.71 bits per heavy atom. The predicted molar refractivity (Wildman–Crippen MR) is 203 cm³/mol. The number of carbonyl (C=O) groups excluding carboxylic acids is 4. The van der Waals surface area contributed by atoms with E-state index in [2.05, 4.69) is 56.0 Å². The summed E-state index contributed by atoms with van der Waals surface area (Å²) in [6.45, 7) is 9.89. The first-order chi connectivity index (χ1) is 24.9. The smallest absolute Gasteiger partial charge is 0.407 e. The third kappa shape index (κ3) is 9.97. The Kier molecular flexibility index (Phi) is 11.6. The van der Waals surface area contributed by atoms with Gasteiger partial charge in [-0.3, -0.25) is 14.4 Å². The number of nitrogens with zero attached hydrogens (tertiary/aromatic N) is 3. The molecule has 3 amide bonds. The standard InChI is InChI=1S/C41H52N6O5/c1-41(2,3)52-40(51)43-26-27-8-10-29(11-9-27)36(48)22-33(39(50)44-34-13-12-32-24-38(49)45-35(32)25-34)21-28-6-5-7-30(20-28)31-14-15-42-37(23-31)47-18-16-46(4)17-19-47/h5-7,12-15,20,23,25,27,29,33H,8-11,16-19,21-22,24,26H2,1-4H3,(H,43,51)(H,44,50)(H,45,49)/t27?,29?,33-/m1/s1. The summed E-state index contributed by atoms with van der Waals surface area (Å²) < 4.78 is 5.37. The Morgan fingerprint density at radius 3 is 2.46 bits per heavy atom. The molecule has 3 aromatic rings. The number of likely N-dealkylation sites (N-methyl/N-ethyl adjacent to an activating group) is 1. The van der Waals surface area contributed by atoms with Gasteiger partial charge in [-0.1, -0.05) is 30.3 Å². The molecule has 0 unspecified atom stereocenters. The second-order valence-electron chi connectivity index (χ2n) is 15.7. The first-order valence-electron chi connectivity index (χ1n) is 18.6. The van der Waals surface area contributed by atoms with Crippen LogP contribution >= 0.6 is 0 Å². The zero-order chi connectivity index (χ0) is 36.8. The van der Waals surface area contributed by atoms with Crippen LogP contribution in [0.5, 0.6) is 0 Å². The fraction of sp³-hybridized carbons (Fsp3) is 0.488. The van der Waals surface area contributed by atoms with Crippen molar-refractivity contribution in [2.24, 2.45) is 17.8 Å². The van der Waals surface area contributed by atoms with E-state index in [-0.39, 0.29) is 35.9 Å². The third-order valence-corrected chi connectivity index (χ3v) is 10.4. The van der Waals surface area contributed by atoms with Gasteiger partial charge < -0.3 is 30.5 Å². The molecule has 0 spiro atoms. The van der Waals surface area contributed by atoms with Gasteiger partial charge in [-0.2, -0.15) is 0 Å². The van der Waals surface area contributed by atoms with Gasteiger partial charge in [0.05, 0.1) is 6.42 Å². The molecule has 0 bridgehead atoms. The highest BCUT2D eigenvalue weighted by Gasteiger charge is 2.31. The normalized spacial score (nSPS) is 19.7. The molecule has 2 aliphatic heterocycles. The van der Waals surface area contributed by atoms with Crippen LogP contribution in [0.2, 0.25) is 0 Å². The van der Waals surface area contributed by atoms with Crippen molar-refractivity contribution in [1.29, 1.82) is 0 Å². The zero-order valence-electron chi connectivity index (χ0n) is 30.9. The topological polar surface area (TPSA) is 133 Å². The largest absolute Gasteiger partial charge is 0.444 e. The summed E-state index contributed by atoms with van der Waals surface area (Å²) in [5, 5.41) is 8.77. The molecule has 6 rings (SSSR count). The van der Waals surface area contributed by atoms with E-state index in [9.17, 15) is 19.2 Å².